The predicted octanol–water partition coefficient (Wildman–Crippen LogP) is 1.71. The lowest BCUT2D eigenvalue weighted by atomic mass is 10.1. The van der Waals surface area contributed by atoms with Crippen LogP contribution in [0.5, 0.6) is 11.5 Å². The van der Waals surface area contributed by atoms with Crippen molar-refractivity contribution in [2.75, 3.05) is 13.3 Å². The third-order valence-electron chi connectivity index (χ3n) is 3.90. The topological polar surface area (TPSA) is 67.8 Å². The molecule has 2 N–H and O–H groups in total. The fraction of sp³-hybridized carbons (Fsp3) is 0.438. The highest BCUT2D eigenvalue weighted by Crippen LogP contribution is 2.32. The Balaban J connectivity index is 1.50. The number of benzene rings is 1. The average molecular weight is 289 g/mol. The molecule has 1 fully saturated rings. The highest BCUT2D eigenvalue weighted by Gasteiger charge is 2.22. The van der Waals surface area contributed by atoms with Crippen molar-refractivity contribution >= 4 is 12.0 Å². The number of hydrogen-bond acceptors (Lipinski definition) is 4. The summed E-state index contributed by atoms with van der Waals surface area (Å²) in [6, 6.07) is 5.56. The number of aliphatic hydroxyl groups is 1. The molecule has 2 unspecified atom stereocenters. The molecule has 0 aromatic heterocycles. The van der Waals surface area contributed by atoms with E-state index in [1.54, 1.807) is 6.08 Å². The third kappa shape index (κ3) is 3.55. The molecule has 1 saturated carbocycles. The van der Waals surface area contributed by atoms with Crippen molar-refractivity contribution in [2.24, 2.45) is 5.92 Å². The van der Waals surface area contributed by atoms with Gasteiger partial charge in [-0.05, 0) is 49.0 Å². The lowest BCUT2D eigenvalue weighted by Gasteiger charge is -2.09. The lowest BCUT2D eigenvalue weighted by Crippen LogP contribution is -2.26. The maximum absolute atomic E-state index is 11.8. The number of carbonyl (C=O) groups excluding carboxylic acids is 1. The van der Waals surface area contributed by atoms with E-state index in [-0.39, 0.29) is 18.8 Å². The third-order valence-corrected chi connectivity index (χ3v) is 3.90. The van der Waals surface area contributed by atoms with Gasteiger partial charge in [-0.25, -0.2) is 0 Å². The summed E-state index contributed by atoms with van der Waals surface area (Å²) in [5.41, 5.74) is 0.894. The highest BCUT2D eigenvalue weighted by molar-refractivity contribution is 5.91. The summed E-state index contributed by atoms with van der Waals surface area (Å²) in [6.07, 6.45) is 5.67. The summed E-state index contributed by atoms with van der Waals surface area (Å²) >= 11 is 0. The molecule has 3 rings (SSSR count). The Morgan fingerprint density at radius 3 is 3.00 bits per heavy atom. The van der Waals surface area contributed by atoms with Crippen LogP contribution in [0.2, 0.25) is 0 Å². The standard InChI is InChI=1S/C16H19NO4/c18-13-4-1-12(7-13)9-17-16(19)6-3-11-2-5-14-15(8-11)21-10-20-14/h2-3,5-6,8,12-13,18H,1,4,7,9-10H2,(H,17,19)/b6-3+. The summed E-state index contributed by atoms with van der Waals surface area (Å²) in [7, 11) is 0. The first-order valence-corrected chi connectivity index (χ1v) is 7.24. The minimum Gasteiger partial charge on any atom is -0.454 e. The molecule has 0 bridgehead atoms. The normalized spacial score (nSPS) is 23.7. The number of carbonyl (C=O) groups is 1. The van der Waals surface area contributed by atoms with Crippen LogP contribution in [-0.4, -0.2) is 30.5 Å². The Kier molecular flexibility index (Phi) is 4.10. The number of aliphatic hydroxyl groups excluding tert-OH is 1. The molecule has 1 aromatic rings. The van der Waals surface area contributed by atoms with Crippen LogP contribution in [0, 0.1) is 5.92 Å². The fourth-order valence-corrected chi connectivity index (χ4v) is 2.73. The molecule has 1 aliphatic carbocycles. The van der Waals surface area contributed by atoms with Gasteiger partial charge in [-0.15, -0.1) is 0 Å². The van der Waals surface area contributed by atoms with Crippen molar-refractivity contribution in [3.05, 3.63) is 29.8 Å². The maximum atomic E-state index is 11.8. The molecule has 5 heteroatoms. The van der Waals surface area contributed by atoms with E-state index in [4.69, 9.17) is 9.47 Å². The SMILES string of the molecule is O=C(/C=C/c1ccc2c(c1)OCO2)NCC1CCC(O)C1. The molecule has 0 saturated heterocycles. The summed E-state index contributed by atoms with van der Waals surface area (Å²) in [5, 5.41) is 12.3. The Labute approximate surface area is 123 Å². The first-order chi connectivity index (χ1) is 10.2. The van der Waals surface area contributed by atoms with Crippen molar-refractivity contribution < 1.29 is 19.4 Å². The Morgan fingerprint density at radius 1 is 1.33 bits per heavy atom. The molecule has 112 valence electrons. The first kappa shape index (κ1) is 13.9. The molecule has 1 aliphatic heterocycles. The van der Waals surface area contributed by atoms with E-state index in [2.05, 4.69) is 5.32 Å². The van der Waals surface area contributed by atoms with Gasteiger partial charge in [-0.2, -0.15) is 0 Å². The van der Waals surface area contributed by atoms with Gasteiger partial charge in [-0.1, -0.05) is 6.07 Å². The zero-order valence-electron chi connectivity index (χ0n) is 11.7. The van der Waals surface area contributed by atoms with Crippen LogP contribution in [-0.2, 0) is 4.79 Å². The minimum atomic E-state index is -0.198. The molecule has 2 aliphatic rings. The fourth-order valence-electron chi connectivity index (χ4n) is 2.73. The largest absolute Gasteiger partial charge is 0.454 e. The van der Waals surface area contributed by atoms with Crippen LogP contribution >= 0.6 is 0 Å². The van der Waals surface area contributed by atoms with Gasteiger partial charge in [0.2, 0.25) is 12.7 Å². The predicted molar refractivity (Wildman–Crippen MR) is 78.0 cm³/mol. The smallest absolute Gasteiger partial charge is 0.244 e. The van der Waals surface area contributed by atoms with Crippen molar-refractivity contribution in [1.29, 1.82) is 0 Å². The Morgan fingerprint density at radius 2 is 2.19 bits per heavy atom. The number of nitrogens with one attached hydrogen (secondary N) is 1. The molecule has 5 nitrogen and oxygen atoms in total. The number of fused-ring (bicyclic) bond motifs is 1. The van der Waals surface area contributed by atoms with Gasteiger partial charge >= 0.3 is 0 Å². The van der Waals surface area contributed by atoms with E-state index in [0.29, 0.717) is 18.2 Å². The van der Waals surface area contributed by atoms with Gasteiger partial charge in [0.1, 0.15) is 0 Å². The molecule has 2 atom stereocenters. The molecule has 0 radical (unpaired) electrons. The monoisotopic (exact) mass is 289 g/mol. The van der Waals surface area contributed by atoms with Crippen LogP contribution in [0.1, 0.15) is 24.8 Å². The average Bonchev–Trinajstić information content (AvgIpc) is 3.10. The van der Waals surface area contributed by atoms with E-state index in [1.807, 2.05) is 18.2 Å². The van der Waals surface area contributed by atoms with Crippen LogP contribution in [0.15, 0.2) is 24.3 Å². The minimum absolute atomic E-state index is 0.117. The first-order valence-electron chi connectivity index (χ1n) is 7.24. The second-order valence-electron chi connectivity index (χ2n) is 5.52. The lowest BCUT2D eigenvalue weighted by molar-refractivity contribution is -0.116. The van der Waals surface area contributed by atoms with Crippen molar-refractivity contribution in [3.8, 4) is 11.5 Å². The summed E-state index contributed by atoms with van der Waals surface area (Å²) in [5.74, 6) is 1.71. The van der Waals surface area contributed by atoms with Gasteiger partial charge in [0.25, 0.3) is 0 Å². The zero-order chi connectivity index (χ0) is 14.7. The maximum Gasteiger partial charge on any atom is 0.244 e. The molecular formula is C16H19NO4. The Hall–Kier alpha value is -2.01. The quantitative estimate of drug-likeness (QED) is 0.828. The van der Waals surface area contributed by atoms with Gasteiger partial charge in [0, 0.05) is 12.6 Å². The van der Waals surface area contributed by atoms with E-state index >= 15 is 0 Å². The van der Waals surface area contributed by atoms with Crippen LogP contribution < -0.4 is 14.8 Å². The van der Waals surface area contributed by atoms with Crippen molar-refractivity contribution in [1.82, 2.24) is 5.32 Å². The second-order valence-corrected chi connectivity index (χ2v) is 5.52. The highest BCUT2D eigenvalue weighted by atomic mass is 16.7. The molecule has 1 amide bonds. The zero-order valence-corrected chi connectivity index (χ0v) is 11.7. The van der Waals surface area contributed by atoms with Crippen LogP contribution in [0.4, 0.5) is 0 Å². The molecular weight excluding hydrogens is 270 g/mol. The van der Waals surface area contributed by atoms with Crippen molar-refractivity contribution in [3.63, 3.8) is 0 Å². The van der Waals surface area contributed by atoms with E-state index < -0.39 is 0 Å². The van der Waals surface area contributed by atoms with E-state index in [1.165, 1.54) is 6.08 Å². The van der Waals surface area contributed by atoms with Gasteiger partial charge in [0.15, 0.2) is 11.5 Å². The van der Waals surface area contributed by atoms with E-state index in [9.17, 15) is 9.90 Å². The molecule has 21 heavy (non-hydrogen) atoms. The number of rotatable bonds is 4. The second kappa shape index (κ2) is 6.18. The van der Waals surface area contributed by atoms with Crippen LogP contribution in [0.25, 0.3) is 6.08 Å². The molecule has 1 heterocycles. The summed E-state index contributed by atoms with van der Waals surface area (Å²) < 4.78 is 10.5. The number of ether oxygens (including phenoxy) is 2. The number of amides is 1. The molecule has 1 aromatic carbocycles. The van der Waals surface area contributed by atoms with Crippen LogP contribution in [0.3, 0.4) is 0 Å². The van der Waals surface area contributed by atoms with E-state index in [0.717, 1.165) is 30.6 Å². The summed E-state index contributed by atoms with van der Waals surface area (Å²) in [4.78, 5) is 11.8. The number of hydrogen-bond donors (Lipinski definition) is 2. The molecule has 0 spiro atoms. The summed E-state index contributed by atoms with van der Waals surface area (Å²) in [6.45, 7) is 0.873. The Bertz CT molecular complexity index is 555. The van der Waals surface area contributed by atoms with Gasteiger partial charge in [0.05, 0.1) is 6.10 Å². The van der Waals surface area contributed by atoms with Gasteiger partial charge < -0.3 is 19.9 Å². The van der Waals surface area contributed by atoms with Crippen molar-refractivity contribution in [2.45, 2.75) is 25.4 Å². The van der Waals surface area contributed by atoms with Gasteiger partial charge in [-0.3, -0.25) is 4.79 Å².